The lowest BCUT2D eigenvalue weighted by atomic mass is 9.65. The molecule has 5 heteroatoms. The number of fused-ring (bicyclic) bond motifs is 1. The van der Waals surface area contributed by atoms with Crippen LogP contribution in [0.4, 0.5) is 0 Å². The molecule has 0 aromatic rings. The summed E-state index contributed by atoms with van der Waals surface area (Å²) in [6, 6.07) is -3.02. The summed E-state index contributed by atoms with van der Waals surface area (Å²) >= 11 is 0. The highest BCUT2D eigenvalue weighted by molar-refractivity contribution is 5.72. The van der Waals surface area contributed by atoms with Gasteiger partial charge in [-0.3, -0.25) is 9.59 Å². The number of aliphatic hydroxyl groups is 1. The van der Waals surface area contributed by atoms with Crippen molar-refractivity contribution in [2.45, 2.75) is 84.2 Å². The van der Waals surface area contributed by atoms with E-state index < -0.39 is 117 Å². The van der Waals surface area contributed by atoms with Crippen LogP contribution in [-0.4, -0.2) is 35.4 Å². The van der Waals surface area contributed by atoms with Crippen molar-refractivity contribution in [2.24, 2.45) is 29.5 Å². The summed E-state index contributed by atoms with van der Waals surface area (Å²) in [6.45, 7) is -10.0. The lowest BCUT2D eigenvalue weighted by Gasteiger charge is -2.43. The molecule has 2 unspecified atom stereocenters. The van der Waals surface area contributed by atoms with Crippen molar-refractivity contribution in [1.29, 1.82) is 0 Å². The van der Waals surface area contributed by atoms with E-state index in [1.165, 1.54) is 0 Å². The van der Waals surface area contributed by atoms with Gasteiger partial charge in [0.25, 0.3) is 0 Å². The molecule has 1 N–H and O–H groups in total. The molecule has 3 rings (SSSR count). The second-order valence-corrected chi connectivity index (χ2v) is 7.34. The molecular formula is C24H36O5. The maximum Gasteiger partial charge on any atom is 0.308 e. The van der Waals surface area contributed by atoms with E-state index in [0.717, 1.165) is 6.92 Å². The van der Waals surface area contributed by atoms with Gasteiger partial charge in [-0.1, -0.05) is 45.6 Å². The highest BCUT2D eigenvalue weighted by atomic mass is 16.5. The molecular weight excluding hydrogens is 368 g/mol. The van der Waals surface area contributed by atoms with Crippen LogP contribution < -0.4 is 0 Å². The first-order chi connectivity index (χ1) is 20.9. The van der Waals surface area contributed by atoms with Crippen LogP contribution in [0.2, 0.25) is 0 Å². The third-order valence-corrected chi connectivity index (χ3v) is 5.25. The predicted molar refractivity (Wildman–Crippen MR) is 111 cm³/mol. The Morgan fingerprint density at radius 1 is 1.59 bits per heavy atom. The Hall–Kier alpha value is -1.62. The highest BCUT2D eigenvalue weighted by Gasteiger charge is 2.42. The number of esters is 2. The minimum absolute atomic E-state index is 0.0455. The van der Waals surface area contributed by atoms with E-state index in [1.54, 1.807) is 0 Å². The molecule has 0 aromatic heterocycles. The Bertz CT molecular complexity index is 1330. The molecule has 1 fully saturated rings. The smallest absolute Gasteiger partial charge is 0.308 e. The fourth-order valence-electron chi connectivity index (χ4n) is 3.85. The number of aliphatic hydroxyl groups excluding tert-OH is 1. The van der Waals surface area contributed by atoms with Crippen molar-refractivity contribution < 1.29 is 48.8 Å². The second kappa shape index (κ2) is 9.46. The van der Waals surface area contributed by atoms with E-state index in [4.69, 9.17) is 34.1 Å². The number of rotatable bonds is 6. The van der Waals surface area contributed by atoms with Gasteiger partial charge in [0.15, 0.2) is 0 Å². The molecule has 3 aliphatic rings. The average molecular weight is 423 g/mol. The van der Waals surface area contributed by atoms with Crippen LogP contribution in [0.1, 0.15) is 90.6 Å². The number of hydrogen-bond acceptors (Lipinski definition) is 5. The molecule has 8 atom stereocenters. The number of carbonyl (C=O) groups is 2. The van der Waals surface area contributed by atoms with Crippen molar-refractivity contribution >= 4 is 11.9 Å². The monoisotopic (exact) mass is 422 g/mol. The number of ether oxygens (including phenoxy) is 2. The lowest BCUT2D eigenvalue weighted by molar-refractivity contribution is -0.162. The Morgan fingerprint density at radius 3 is 3.17 bits per heavy atom. The topological polar surface area (TPSA) is 72.8 Å². The maximum atomic E-state index is 13.6. The standard InChI is InChI=1S/C24H36O5/c1-5-15(3)24(27)29-21-11-14(2)10-17-7-6-16(4)20(23(17)21)9-8-19-12-18(25)13-22(26)28-19/h6-7,10,14-16,18-21,23,25H,5,8-9,11-13H2,1-4H3/t14-,15-,16-,18+,19?,20-,21?,23-/m0/s1/i1D3,2D3,3D3,5D2,6D,7D,10D,11D2,14D,16D. The zero-order valence-electron chi connectivity index (χ0n) is 33.9. The molecule has 0 saturated carbocycles. The normalized spacial score (nSPS) is 56.6. The van der Waals surface area contributed by atoms with Gasteiger partial charge in [0.05, 0.1) is 22.6 Å². The van der Waals surface area contributed by atoms with E-state index in [1.807, 2.05) is 0 Å². The van der Waals surface area contributed by atoms with Crippen molar-refractivity contribution in [1.82, 2.24) is 0 Å². The van der Waals surface area contributed by atoms with Crippen LogP contribution in [-0.2, 0) is 19.1 Å². The maximum absolute atomic E-state index is 13.6. The van der Waals surface area contributed by atoms with Gasteiger partial charge in [0.2, 0.25) is 0 Å². The van der Waals surface area contributed by atoms with Crippen LogP contribution >= 0.6 is 0 Å². The number of cyclic esters (lactones) is 1. The van der Waals surface area contributed by atoms with Crippen LogP contribution in [0, 0.1) is 29.5 Å². The first-order valence-corrected chi connectivity index (χ1v) is 9.34. The molecule has 0 radical (unpaired) electrons. The fourth-order valence-corrected chi connectivity index (χ4v) is 3.85. The summed E-state index contributed by atoms with van der Waals surface area (Å²) in [6.07, 6.45) is -12.9. The van der Waals surface area contributed by atoms with E-state index in [9.17, 15) is 14.7 Å². The van der Waals surface area contributed by atoms with Crippen LogP contribution in [0.15, 0.2) is 23.7 Å². The van der Waals surface area contributed by atoms with Crippen molar-refractivity contribution in [3.8, 4) is 0 Å². The third kappa shape index (κ3) is 5.30. The molecule has 1 aliphatic heterocycles. The first kappa shape index (κ1) is 8.49. The molecule has 2 aliphatic carbocycles. The third-order valence-electron chi connectivity index (χ3n) is 5.25. The Balaban J connectivity index is 2.31. The molecule has 1 saturated heterocycles. The van der Waals surface area contributed by atoms with Gasteiger partial charge in [0, 0.05) is 32.9 Å². The van der Waals surface area contributed by atoms with Gasteiger partial charge in [-0.05, 0) is 48.9 Å². The van der Waals surface area contributed by atoms with Crippen LogP contribution in [0.25, 0.3) is 0 Å². The summed E-state index contributed by atoms with van der Waals surface area (Å²) in [4.78, 5) is 25.6. The van der Waals surface area contributed by atoms with Gasteiger partial charge in [-0.2, -0.15) is 0 Å². The van der Waals surface area contributed by atoms with E-state index in [-0.39, 0.29) is 25.7 Å². The van der Waals surface area contributed by atoms with Gasteiger partial charge in [-0.25, -0.2) is 0 Å². The zero-order valence-corrected chi connectivity index (χ0v) is 15.9. The van der Waals surface area contributed by atoms with Gasteiger partial charge in [0.1, 0.15) is 12.2 Å². The fraction of sp³-hybridized carbons (Fsp3) is 0.750. The molecule has 1 heterocycles. The Labute approximate surface area is 199 Å². The molecule has 162 valence electrons. The number of allylic oxidation sites excluding steroid dienone is 3. The second-order valence-electron chi connectivity index (χ2n) is 7.34. The highest BCUT2D eigenvalue weighted by Crippen LogP contribution is 2.45. The minimum atomic E-state index is -3.81. The van der Waals surface area contributed by atoms with E-state index in [2.05, 4.69) is 0 Å². The SMILES string of the molecule is [2H]C1=C([2H])[C@]([2H])(C)[C@H](CCC2C[C@@H](O)CC(=O)O2)[C@@H]2C1=C([2H])[C@]([2H])(C([2H])([2H])[2H])C([2H])([2H])C2OC(=O)[C@@H](C([2H])([2H])[2H])C([2H])([2H])C([2H])([2H])[2H]. The summed E-state index contributed by atoms with van der Waals surface area (Å²) in [5.41, 5.74) is -0.756. The van der Waals surface area contributed by atoms with Crippen molar-refractivity contribution in [3.63, 3.8) is 0 Å². The molecule has 5 nitrogen and oxygen atoms in total. The van der Waals surface area contributed by atoms with Gasteiger partial charge >= 0.3 is 11.9 Å². The number of hydrogen-bond donors (Lipinski definition) is 1. The predicted octanol–water partition coefficient (Wildman–Crippen LogP) is 4.20. The molecule has 29 heavy (non-hydrogen) atoms. The summed E-state index contributed by atoms with van der Waals surface area (Å²) in [5, 5.41) is 10.0. The van der Waals surface area contributed by atoms with Gasteiger partial charge < -0.3 is 14.6 Å². The van der Waals surface area contributed by atoms with Crippen molar-refractivity contribution in [3.05, 3.63) is 23.7 Å². The van der Waals surface area contributed by atoms with E-state index in [0.29, 0.717) is 0 Å². The van der Waals surface area contributed by atoms with Crippen LogP contribution in [0.5, 0.6) is 0 Å². The largest absolute Gasteiger partial charge is 0.462 e. The van der Waals surface area contributed by atoms with E-state index >= 15 is 0 Å². The summed E-state index contributed by atoms with van der Waals surface area (Å²) < 4.78 is 158. The number of carbonyl (C=O) groups excluding carboxylic acids is 2. The summed E-state index contributed by atoms with van der Waals surface area (Å²) in [5.74, 6) is -15.2. The Kier molecular flexibility index (Phi) is 2.77. The lowest BCUT2D eigenvalue weighted by Crippen LogP contribution is -2.42. The summed E-state index contributed by atoms with van der Waals surface area (Å²) in [7, 11) is 0. The zero-order chi connectivity index (χ0) is 36.7. The van der Waals surface area contributed by atoms with Crippen molar-refractivity contribution in [2.75, 3.05) is 0 Å². The average Bonchev–Trinajstić information content (AvgIpc) is 2.85. The molecule has 0 bridgehead atoms. The Morgan fingerprint density at radius 2 is 2.45 bits per heavy atom. The first-order valence-electron chi connectivity index (χ1n) is 18.3. The van der Waals surface area contributed by atoms with Crippen LogP contribution in [0.3, 0.4) is 0 Å². The molecule has 0 spiro atoms. The molecule has 0 amide bonds. The van der Waals surface area contributed by atoms with Gasteiger partial charge in [-0.15, -0.1) is 0 Å². The molecule has 0 aromatic carbocycles. The quantitative estimate of drug-likeness (QED) is 0.650. The minimum Gasteiger partial charge on any atom is -0.462 e.